The Bertz CT molecular complexity index is 456. The second-order valence-corrected chi connectivity index (χ2v) is 5.80. The fourth-order valence-corrected chi connectivity index (χ4v) is 2.63. The molecular formula is C13H20F3N3O. The van der Waals surface area contributed by atoms with Crippen molar-refractivity contribution in [1.82, 2.24) is 10.1 Å². The molecule has 1 aliphatic carbocycles. The molecule has 0 aromatic carbocycles. The van der Waals surface area contributed by atoms with Crippen LogP contribution in [0.1, 0.15) is 63.6 Å². The average Bonchev–Trinajstić information content (AvgIpc) is 2.87. The standard InChI is InChI=1S/C13H20F3N3O/c1-3-8-5-4-6-9(7-8)10-18-11(20-19-10)12(2,17)13(14,15)16/h8-9H,3-7,17H2,1-2H3. The van der Waals surface area contributed by atoms with Crippen molar-refractivity contribution in [2.75, 3.05) is 0 Å². The van der Waals surface area contributed by atoms with Crippen molar-refractivity contribution in [2.24, 2.45) is 11.7 Å². The highest BCUT2D eigenvalue weighted by Crippen LogP contribution is 2.39. The smallest absolute Gasteiger partial charge is 0.337 e. The Labute approximate surface area is 115 Å². The van der Waals surface area contributed by atoms with Gasteiger partial charge in [-0.15, -0.1) is 0 Å². The van der Waals surface area contributed by atoms with Gasteiger partial charge in [-0.2, -0.15) is 18.2 Å². The summed E-state index contributed by atoms with van der Waals surface area (Å²) < 4.78 is 43.3. The molecule has 0 radical (unpaired) electrons. The summed E-state index contributed by atoms with van der Waals surface area (Å²) in [6, 6.07) is 0. The average molecular weight is 291 g/mol. The van der Waals surface area contributed by atoms with Crippen LogP contribution >= 0.6 is 0 Å². The van der Waals surface area contributed by atoms with E-state index in [1.54, 1.807) is 0 Å². The molecule has 4 nitrogen and oxygen atoms in total. The molecule has 20 heavy (non-hydrogen) atoms. The molecule has 1 aromatic rings. The lowest BCUT2D eigenvalue weighted by Crippen LogP contribution is -2.48. The Morgan fingerprint density at radius 2 is 2.05 bits per heavy atom. The third-order valence-corrected chi connectivity index (χ3v) is 4.20. The van der Waals surface area contributed by atoms with Crippen molar-refractivity contribution in [2.45, 2.75) is 63.6 Å². The lowest BCUT2D eigenvalue weighted by atomic mass is 9.80. The highest BCUT2D eigenvalue weighted by Gasteiger charge is 2.53. The highest BCUT2D eigenvalue weighted by molar-refractivity contribution is 5.07. The lowest BCUT2D eigenvalue weighted by molar-refractivity contribution is -0.190. The van der Waals surface area contributed by atoms with Gasteiger partial charge < -0.3 is 10.3 Å². The van der Waals surface area contributed by atoms with Gasteiger partial charge in [-0.1, -0.05) is 31.3 Å². The molecule has 0 amide bonds. The SMILES string of the molecule is CCC1CCCC(c2noc(C(C)(N)C(F)(F)F)n2)C1. The summed E-state index contributed by atoms with van der Waals surface area (Å²) in [5, 5.41) is 3.72. The van der Waals surface area contributed by atoms with E-state index in [2.05, 4.69) is 17.1 Å². The van der Waals surface area contributed by atoms with Gasteiger partial charge in [0, 0.05) is 5.92 Å². The van der Waals surface area contributed by atoms with Crippen molar-refractivity contribution < 1.29 is 17.7 Å². The second-order valence-electron chi connectivity index (χ2n) is 5.80. The number of halogens is 3. The molecule has 3 atom stereocenters. The first kappa shape index (κ1) is 15.3. The molecule has 1 aromatic heterocycles. The first-order valence-electron chi connectivity index (χ1n) is 6.95. The van der Waals surface area contributed by atoms with E-state index in [1.165, 1.54) is 0 Å². The maximum absolute atomic E-state index is 12.8. The van der Waals surface area contributed by atoms with E-state index < -0.39 is 17.6 Å². The predicted octanol–water partition coefficient (Wildman–Crippen LogP) is 3.49. The van der Waals surface area contributed by atoms with Crippen LogP contribution in [-0.2, 0) is 5.54 Å². The molecule has 2 N–H and O–H groups in total. The minimum atomic E-state index is -4.62. The molecule has 7 heteroatoms. The maximum Gasteiger partial charge on any atom is 0.415 e. The van der Waals surface area contributed by atoms with Crippen molar-refractivity contribution in [1.29, 1.82) is 0 Å². The van der Waals surface area contributed by atoms with Crippen molar-refractivity contribution >= 4 is 0 Å². The first-order chi connectivity index (χ1) is 9.25. The highest BCUT2D eigenvalue weighted by atomic mass is 19.4. The predicted molar refractivity (Wildman–Crippen MR) is 66.9 cm³/mol. The zero-order valence-electron chi connectivity index (χ0n) is 11.7. The fraction of sp³-hybridized carbons (Fsp3) is 0.846. The van der Waals surface area contributed by atoms with Crippen LogP contribution < -0.4 is 5.73 Å². The summed E-state index contributed by atoms with van der Waals surface area (Å²) >= 11 is 0. The molecule has 3 unspecified atom stereocenters. The summed E-state index contributed by atoms with van der Waals surface area (Å²) in [5.74, 6) is 0.468. The molecule has 1 heterocycles. The van der Waals surface area contributed by atoms with Gasteiger partial charge in [-0.25, -0.2) is 0 Å². The third kappa shape index (κ3) is 2.82. The minimum absolute atomic E-state index is 0.0789. The van der Waals surface area contributed by atoms with Gasteiger partial charge in [0.25, 0.3) is 5.89 Å². The molecule has 0 spiro atoms. The lowest BCUT2D eigenvalue weighted by Gasteiger charge is -2.26. The van der Waals surface area contributed by atoms with Gasteiger partial charge in [0.2, 0.25) is 0 Å². The van der Waals surface area contributed by atoms with Crippen LogP contribution in [0.5, 0.6) is 0 Å². The Morgan fingerprint density at radius 3 is 2.65 bits per heavy atom. The van der Waals surface area contributed by atoms with Gasteiger partial charge in [0.15, 0.2) is 11.4 Å². The van der Waals surface area contributed by atoms with Crippen LogP contribution in [0.3, 0.4) is 0 Å². The molecule has 1 aliphatic rings. The molecule has 1 saturated carbocycles. The Kier molecular flexibility index (Phi) is 4.09. The summed E-state index contributed by atoms with van der Waals surface area (Å²) in [7, 11) is 0. The van der Waals surface area contributed by atoms with Crippen LogP contribution in [-0.4, -0.2) is 16.3 Å². The van der Waals surface area contributed by atoms with Crippen molar-refractivity contribution in [3.8, 4) is 0 Å². The number of rotatable bonds is 3. The zero-order chi connectivity index (χ0) is 15.0. The summed E-state index contributed by atoms with van der Waals surface area (Å²) in [6.45, 7) is 2.97. The molecule has 1 fully saturated rings. The zero-order valence-corrected chi connectivity index (χ0v) is 11.7. The van der Waals surface area contributed by atoms with E-state index in [-0.39, 0.29) is 5.92 Å². The quantitative estimate of drug-likeness (QED) is 0.925. The largest absolute Gasteiger partial charge is 0.415 e. The molecule has 0 bridgehead atoms. The van der Waals surface area contributed by atoms with E-state index in [9.17, 15) is 13.2 Å². The van der Waals surface area contributed by atoms with E-state index in [0.29, 0.717) is 11.7 Å². The van der Waals surface area contributed by atoms with E-state index in [1.807, 2.05) is 0 Å². The van der Waals surface area contributed by atoms with E-state index in [4.69, 9.17) is 10.3 Å². The number of nitrogens with two attached hydrogens (primary N) is 1. The number of hydrogen-bond acceptors (Lipinski definition) is 4. The Hall–Kier alpha value is -1.11. The third-order valence-electron chi connectivity index (χ3n) is 4.20. The molecule has 0 aliphatic heterocycles. The van der Waals surface area contributed by atoms with E-state index in [0.717, 1.165) is 39.0 Å². The van der Waals surface area contributed by atoms with Crippen LogP contribution in [0.25, 0.3) is 0 Å². The number of hydrogen-bond donors (Lipinski definition) is 1. The topological polar surface area (TPSA) is 64.9 Å². The minimum Gasteiger partial charge on any atom is -0.337 e. The van der Waals surface area contributed by atoms with Gasteiger partial charge in [0.1, 0.15) is 0 Å². The first-order valence-corrected chi connectivity index (χ1v) is 6.95. The fourth-order valence-electron chi connectivity index (χ4n) is 2.63. The number of nitrogens with zero attached hydrogens (tertiary/aromatic N) is 2. The van der Waals surface area contributed by atoms with Gasteiger partial charge >= 0.3 is 6.18 Å². The van der Waals surface area contributed by atoms with Crippen LogP contribution in [0.4, 0.5) is 13.2 Å². The molecule has 114 valence electrons. The van der Waals surface area contributed by atoms with E-state index >= 15 is 0 Å². The molecular weight excluding hydrogens is 271 g/mol. The second kappa shape index (κ2) is 5.35. The Morgan fingerprint density at radius 1 is 1.35 bits per heavy atom. The Balaban J connectivity index is 2.17. The number of aromatic nitrogens is 2. The monoisotopic (exact) mass is 291 g/mol. The normalized spacial score (nSPS) is 27.3. The van der Waals surface area contributed by atoms with Gasteiger partial charge in [0.05, 0.1) is 0 Å². The maximum atomic E-state index is 12.8. The summed E-state index contributed by atoms with van der Waals surface area (Å²) in [4.78, 5) is 3.92. The van der Waals surface area contributed by atoms with Gasteiger partial charge in [-0.05, 0) is 25.7 Å². The van der Waals surface area contributed by atoms with Crippen LogP contribution in [0.15, 0.2) is 4.52 Å². The summed E-state index contributed by atoms with van der Waals surface area (Å²) in [6.07, 6.45) is 0.459. The van der Waals surface area contributed by atoms with Crippen LogP contribution in [0.2, 0.25) is 0 Å². The van der Waals surface area contributed by atoms with Gasteiger partial charge in [-0.3, -0.25) is 0 Å². The number of alkyl halides is 3. The molecule has 0 saturated heterocycles. The van der Waals surface area contributed by atoms with Crippen molar-refractivity contribution in [3.63, 3.8) is 0 Å². The van der Waals surface area contributed by atoms with Crippen molar-refractivity contribution in [3.05, 3.63) is 11.7 Å². The summed E-state index contributed by atoms with van der Waals surface area (Å²) in [5.41, 5.74) is 2.69. The molecule has 2 rings (SSSR count). The van der Waals surface area contributed by atoms with Crippen LogP contribution in [0, 0.1) is 5.92 Å².